The summed E-state index contributed by atoms with van der Waals surface area (Å²) in [7, 11) is 0. The molecule has 0 bridgehead atoms. The molecule has 0 amide bonds. The molecule has 0 unspecified atom stereocenters. The largest absolute Gasteiger partial charge is 0.338 e. The van der Waals surface area contributed by atoms with Crippen molar-refractivity contribution in [3.8, 4) is 0 Å². The monoisotopic (exact) mass is 251 g/mol. The van der Waals surface area contributed by atoms with Gasteiger partial charge in [-0.05, 0) is 48.7 Å². The maximum absolute atomic E-state index is 13.4. The number of anilines is 2. The van der Waals surface area contributed by atoms with E-state index < -0.39 is 5.82 Å². The maximum Gasteiger partial charge on any atom is 0.224 e. The van der Waals surface area contributed by atoms with Gasteiger partial charge in [0, 0.05) is 5.69 Å². The van der Waals surface area contributed by atoms with Crippen molar-refractivity contribution in [3.05, 3.63) is 46.6 Å². The molecule has 0 saturated carbocycles. The molecule has 0 saturated heterocycles. The Kier molecular flexibility index (Phi) is 3.24. The third-order valence-electron chi connectivity index (χ3n) is 2.20. The molecule has 1 aromatic carbocycles. The zero-order valence-electron chi connectivity index (χ0n) is 9.46. The highest BCUT2D eigenvalue weighted by Gasteiger charge is 2.06. The van der Waals surface area contributed by atoms with E-state index in [1.54, 1.807) is 0 Å². The van der Waals surface area contributed by atoms with Crippen LogP contribution in [0, 0.1) is 19.7 Å². The van der Waals surface area contributed by atoms with Gasteiger partial charge in [0.05, 0.1) is 6.20 Å². The van der Waals surface area contributed by atoms with E-state index in [1.807, 2.05) is 32.0 Å². The van der Waals surface area contributed by atoms with E-state index in [9.17, 15) is 4.39 Å². The summed E-state index contributed by atoms with van der Waals surface area (Å²) in [5, 5.41) is 2.90. The zero-order chi connectivity index (χ0) is 12.4. The van der Waals surface area contributed by atoms with Gasteiger partial charge in [0.1, 0.15) is 0 Å². The molecule has 2 rings (SSSR count). The van der Waals surface area contributed by atoms with Gasteiger partial charge in [-0.25, -0.2) is 9.37 Å². The lowest BCUT2D eigenvalue weighted by atomic mass is 10.1. The fourth-order valence-electron chi connectivity index (χ4n) is 1.62. The Bertz CT molecular complexity index is 537. The molecule has 0 aliphatic heterocycles. The molecule has 1 N–H and O–H groups in total. The lowest BCUT2D eigenvalue weighted by Gasteiger charge is -2.08. The number of halogens is 2. The van der Waals surface area contributed by atoms with Gasteiger partial charge in [-0.15, -0.1) is 0 Å². The molecule has 2 aromatic rings. The van der Waals surface area contributed by atoms with Crippen LogP contribution in [-0.2, 0) is 0 Å². The van der Waals surface area contributed by atoms with Gasteiger partial charge in [-0.1, -0.05) is 6.07 Å². The molecule has 0 aliphatic carbocycles. The lowest BCUT2D eigenvalue weighted by Crippen LogP contribution is -1.99. The minimum atomic E-state index is -0.534. The second-order valence-electron chi connectivity index (χ2n) is 3.84. The molecule has 0 atom stereocenters. The van der Waals surface area contributed by atoms with Gasteiger partial charge in [0.15, 0.2) is 11.6 Å². The Labute approximate surface area is 104 Å². The minimum absolute atomic E-state index is 0.0123. The molecule has 3 nitrogen and oxygen atoms in total. The number of benzene rings is 1. The highest BCUT2D eigenvalue weighted by Crippen LogP contribution is 2.20. The molecule has 0 fully saturated rings. The van der Waals surface area contributed by atoms with Crippen molar-refractivity contribution in [1.82, 2.24) is 9.97 Å². The van der Waals surface area contributed by atoms with E-state index in [1.165, 1.54) is 0 Å². The fourth-order valence-corrected chi connectivity index (χ4v) is 1.75. The molecule has 88 valence electrons. The van der Waals surface area contributed by atoms with Gasteiger partial charge in [-0.2, -0.15) is 4.98 Å². The molecular formula is C12H11ClFN3. The molecule has 5 heteroatoms. The van der Waals surface area contributed by atoms with Crippen LogP contribution in [0.5, 0.6) is 0 Å². The van der Waals surface area contributed by atoms with Crippen LogP contribution in [-0.4, -0.2) is 9.97 Å². The summed E-state index contributed by atoms with van der Waals surface area (Å²) in [6, 6.07) is 5.85. The SMILES string of the molecule is Cc1cc(C)cc(Nc2nc(Cl)ncc2F)c1. The molecule has 0 spiro atoms. The van der Waals surface area contributed by atoms with Gasteiger partial charge in [0.25, 0.3) is 0 Å². The molecule has 0 radical (unpaired) electrons. The molecule has 1 heterocycles. The van der Waals surface area contributed by atoms with Gasteiger partial charge >= 0.3 is 0 Å². The predicted molar refractivity (Wildman–Crippen MR) is 66.2 cm³/mol. The third kappa shape index (κ3) is 2.91. The van der Waals surface area contributed by atoms with Crippen LogP contribution in [0.3, 0.4) is 0 Å². The highest BCUT2D eigenvalue weighted by atomic mass is 35.5. The topological polar surface area (TPSA) is 37.8 Å². The van der Waals surface area contributed by atoms with E-state index in [4.69, 9.17) is 11.6 Å². The van der Waals surface area contributed by atoms with Gasteiger partial charge < -0.3 is 5.32 Å². The lowest BCUT2D eigenvalue weighted by molar-refractivity contribution is 0.619. The summed E-state index contributed by atoms with van der Waals surface area (Å²) in [5.41, 5.74) is 2.96. The number of hydrogen-bond acceptors (Lipinski definition) is 3. The van der Waals surface area contributed by atoms with Gasteiger partial charge in [-0.3, -0.25) is 0 Å². The zero-order valence-corrected chi connectivity index (χ0v) is 10.2. The molecular weight excluding hydrogens is 241 g/mol. The quantitative estimate of drug-likeness (QED) is 0.829. The first-order valence-electron chi connectivity index (χ1n) is 5.08. The first kappa shape index (κ1) is 11.8. The number of nitrogens with zero attached hydrogens (tertiary/aromatic N) is 2. The molecule has 17 heavy (non-hydrogen) atoms. The number of hydrogen-bond donors (Lipinski definition) is 1. The van der Waals surface area contributed by atoms with E-state index in [0.717, 1.165) is 23.0 Å². The van der Waals surface area contributed by atoms with Crippen LogP contribution in [0.4, 0.5) is 15.9 Å². The fraction of sp³-hybridized carbons (Fsp3) is 0.167. The summed E-state index contributed by atoms with van der Waals surface area (Å²) in [6.45, 7) is 3.95. The minimum Gasteiger partial charge on any atom is -0.338 e. The Hall–Kier alpha value is -1.68. The Morgan fingerprint density at radius 3 is 2.47 bits per heavy atom. The van der Waals surface area contributed by atoms with Crippen molar-refractivity contribution in [1.29, 1.82) is 0 Å². The first-order valence-corrected chi connectivity index (χ1v) is 5.46. The van der Waals surface area contributed by atoms with Crippen LogP contribution in [0.25, 0.3) is 0 Å². The summed E-state index contributed by atoms with van der Waals surface area (Å²) in [5.74, 6) is -0.455. The second-order valence-corrected chi connectivity index (χ2v) is 4.18. The van der Waals surface area contributed by atoms with Crippen molar-refractivity contribution >= 4 is 23.1 Å². The van der Waals surface area contributed by atoms with Crippen LogP contribution >= 0.6 is 11.6 Å². The molecule has 0 aliphatic rings. The Morgan fingerprint density at radius 1 is 1.18 bits per heavy atom. The normalized spacial score (nSPS) is 10.4. The van der Waals surface area contributed by atoms with E-state index in [-0.39, 0.29) is 11.1 Å². The van der Waals surface area contributed by atoms with Gasteiger partial charge in [0.2, 0.25) is 5.28 Å². The van der Waals surface area contributed by atoms with Crippen molar-refractivity contribution in [2.45, 2.75) is 13.8 Å². The highest BCUT2D eigenvalue weighted by molar-refractivity contribution is 6.28. The Morgan fingerprint density at radius 2 is 1.82 bits per heavy atom. The van der Waals surface area contributed by atoms with E-state index >= 15 is 0 Å². The molecule has 1 aromatic heterocycles. The number of nitrogens with one attached hydrogen (secondary N) is 1. The summed E-state index contributed by atoms with van der Waals surface area (Å²) < 4.78 is 13.4. The first-order chi connectivity index (χ1) is 8.04. The second kappa shape index (κ2) is 4.67. The van der Waals surface area contributed by atoms with Crippen molar-refractivity contribution in [2.24, 2.45) is 0 Å². The van der Waals surface area contributed by atoms with Crippen molar-refractivity contribution < 1.29 is 4.39 Å². The van der Waals surface area contributed by atoms with Crippen LogP contribution < -0.4 is 5.32 Å². The van der Waals surface area contributed by atoms with Crippen LogP contribution in [0.2, 0.25) is 5.28 Å². The summed E-state index contributed by atoms with van der Waals surface area (Å²) >= 11 is 5.62. The Balaban J connectivity index is 2.34. The maximum atomic E-state index is 13.4. The van der Waals surface area contributed by atoms with Crippen molar-refractivity contribution in [2.75, 3.05) is 5.32 Å². The average molecular weight is 252 g/mol. The van der Waals surface area contributed by atoms with Crippen LogP contribution in [0.15, 0.2) is 24.4 Å². The smallest absolute Gasteiger partial charge is 0.224 e. The van der Waals surface area contributed by atoms with Crippen LogP contribution in [0.1, 0.15) is 11.1 Å². The number of aromatic nitrogens is 2. The average Bonchev–Trinajstić information content (AvgIpc) is 2.22. The summed E-state index contributed by atoms with van der Waals surface area (Å²) in [4.78, 5) is 7.35. The number of aryl methyl sites for hydroxylation is 2. The van der Waals surface area contributed by atoms with E-state index in [2.05, 4.69) is 15.3 Å². The summed E-state index contributed by atoms with van der Waals surface area (Å²) in [6.07, 6.45) is 1.04. The third-order valence-corrected chi connectivity index (χ3v) is 2.38. The van der Waals surface area contributed by atoms with Crippen molar-refractivity contribution in [3.63, 3.8) is 0 Å². The van der Waals surface area contributed by atoms with E-state index in [0.29, 0.717) is 0 Å². The predicted octanol–water partition coefficient (Wildman–Crippen LogP) is 3.63. The number of rotatable bonds is 2. The standard InChI is InChI=1S/C12H11ClFN3/c1-7-3-8(2)5-9(4-7)16-11-10(14)6-15-12(13)17-11/h3-6H,1-2H3,(H,15,16,17).